The lowest BCUT2D eigenvalue weighted by Crippen LogP contribution is -1.92. The molecule has 6 nitrogen and oxygen atoms in total. The summed E-state index contributed by atoms with van der Waals surface area (Å²) in [4.78, 5) is 27.1. The second kappa shape index (κ2) is 4.28. The molecule has 0 bridgehead atoms. The minimum Gasteiger partial charge on any atom is -0.324 e. The zero-order chi connectivity index (χ0) is 11.6. The fourth-order valence-electron chi connectivity index (χ4n) is 1.03. The molecule has 0 aliphatic rings. The Bertz CT molecular complexity index is 443. The van der Waals surface area contributed by atoms with E-state index in [1.54, 1.807) is 0 Å². The molecule has 0 aliphatic heterocycles. The maximum absolute atomic E-state index is 10.6. The van der Waals surface area contributed by atoms with Gasteiger partial charge in [0, 0.05) is 6.07 Å². The molecule has 0 atom stereocenters. The summed E-state index contributed by atoms with van der Waals surface area (Å²) in [5.41, 5.74) is -0.0231. The fraction of sp³-hybridized carbons (Fsp3) is 0.143. The van der Waals surface area contributed by atoms with Crippen molar-refractivity contribution in [2.24, 2.45) is 0 Å². The van der Waals surface area contributed by atoms with E-state index in [0.717, 1.165) is 6.07 Å². The van der Waals surface area contributed by atoms with Crippen LogP contribution in [0.1, 0.15) is 5.56 Å². The summed E-state index contributed by atoms with van der Waals surface area (Å²) >= 11 is 5.56. The molecule has 0 saturated carbocycles. The van der Waals surface area contributed by atoms with Crippen LogP contribution in [0.4, 0.5) is 5.69 Å². The highest BCUT2D eigenvalue weighted by atomic mass is 35.5. The van der Waals surface area contributed by atoms with Crippen molar-refractivity contribution >= 4 is 24.9 Å². The summed E-state index contributed by atoms with van der Waals surface area (Å²) in [5, 5.41) is 10.3. The number of hydrogen-bond acceptors (Lipinski definition) is 3. The quantitative estimate of drug-likeness (QED) is 0.485. The van der Waals surface area contributed by atoms with Crippen molar-refractivity contribution in [2.45, 2.75) is 6.16 Å². The molecule has 2 N–H and O–H groups in total. The van der Waals surface area contributed by atoms with Crippen molar-refractivity contribution in [3.8, 4) is 0 Å². The monoisotopic (exact) mass is 251 g/mol. The van der Waals surface area contributed by atoms with Crippen molar-refractivity contribution in [2.75, 3.05) is 0 Å². The molecule has 0 radical (unpaired) electrons. The van der Waals surface area contributed by atoms with Gasteiger partial charge in [0.1, 0.15) is 5.02 Å². The van der Waals surface area contributed by atoms with Crippen molar-refractivity contribution in [1.29, 1.82) is 0 Å². The number of nitro benzene ring substituents is 1. The van der Waals surface area contributed by atoms with Crippen LogP contribution in [-0.4, -0.2) is 14.7 Å². The van der Waals surface area contributed by atoms with Crippen LogP contribution < -0.4 is 0 Å². The number of halogens is 1. The standard InChI is InChI=1S/C7H7ClNO5P/c8-6-3-5(4-15(12,13)14)1-2-7(6)9(10)11/h1-3H,4H2,(H2,12,13,14). The molecule has 8 heteroatoms. The SMILES string of the molecule is O=[N+]([O-])c1ccc(CP(=O)(O)O)cc1Cl. The molecule has 1 aromatic carbocycles. The summed E-state index contributed by atoms with van der Waals surface area (Å²) < 4.78 is 10.6. The second-order valence-electron chi connectivity index (χ2n) is 2.87. The first-order valence-corrected chi connectivity index (χ1v) is 5.94. The third kappa shape index (κ3) is 3.60. The Morgan fingerprint density at radius 1 is 1.47 bits per heavy atom. The van der Waals surface area contributed by atoms with Crippen LogP contribution in [0.25, 0.3) is 0 Å². The molecule has 0 unspecified atom stereocenters. The highest BCUT2D eigenvalue weighted by molar-refractivity contribution is 7.50. The Morgan fingerprint density at radius 3 is 2.47 bits per heavy atom. The van der Waals surface area contributed by atoms with E-state index >= 15 is 0 Å². The highest BCUT2D eigenvalue weighted by Gasteiger charge is 2.17. The first kappa shape index (κ1) is 12.1. The van der Waals surface area contributed by atoms with Gasteiger partial charge in [0.15, 0.2) is 0 Å². The van der Waals surface area contributed by atoms with Crippen LogP contribution in [0, 0.1) is 10.1 Å². The van der Waals surface area contributed by atoms with Gasteiger partial charge in [-0.05, 0) is 11.6 Å². The first-order chi connectivity index (χ1) is 6.79. The number of rotatable bonds is 3. The van der Waals surface area contributed by atoms with Crippen molar-refractivity contribution < 1.29 is 19.3 Å². The van der Waals surface area contributed by atoms with E-state index in [1.807, 2.05) is 0 Å². The lowest BCUT2D eigenvalue weighted by molar-refractivity contribution is -0.384. The molecule has 0 fully saturated rings. The van der Waals surface area contributed by atoms with E-state index < -0.39 is 18.7 Å². The van der Waals surface area contributed by atoms with Crippen molar-refractivity contribution in [1.82, 2.24) is 0 Å². The predicted octanol–water partition coefficient (Wildman–Crippen LogP) is 1.93. The van der Waals surface area contributed by atoms with Crippen LogP contribution in [0.2, 0.25) is 5.02 Å². The largest absolute Gasteiger partial charge is 0.329 e. The minimum atomic E-state index is -4.17. The van der Waals surface area contributed by atoms with E-state index in [4.69, 9.17) is 21.4 Å². The minimum absolute atomic E-state index is 0.133. The van der Waals surface area contributed by atoms with Gasteiger partial charge in [-0.3, -0.25) is 14.7 Å². The number of benzene rings is 1. The van der Waals surface area contributed by atoms with E-state index in [-0.39, 0.29) is 16.3 Å². The van der Waals surface area contributed by atoms with Crippen LogP contribution in [0.15, 0.2) is 18.2 Å². The Labute approximate surface area is 89.8 Å². The van der Waals surface area contributed by atoms with E-state index in [2.05, 4.69) is 0 Å². The summed E-state index contributed by atoms with van der Waals surface area (Å²) in [6.07, 6.45) is -0.481. The molecular weight excluding hydrogens is 245 g/mol. The Kier molecular flexibility index (Phi) is 3.46. The Hall–Kier alpha value is -0.940. The predicted molar refractivity (Wildman–Crippen MR) is 53.9 cm³/mol. The maximum atomic E-state index is 10.6. The molecule has 82 valence electrons. The number of nitro groups is 1. The van der Waals surface area contributed by atoms with E-state index in [9.17, 15) is 14.7 Å². The lowest BCUT2D eigenvalue weighted by atomic mass is 10.2. The fourth-order valence-corrected chi connectivity index (χ4v) is 1.98. The van der Waals surface area contributed by atoms with Gasteiger partial charge >= 0.3 is 7.60 Å². The number of nitrogens with zero attached hydrogens (tertiary/aromatic N) is 1. The van der Waals surface area contributed by atoms with Crippen molar-refractivity contribution in [3.63, 3.8) is 0 Å². The van der Waals surface area contributed by atoms with Gasteiger partial charge in [-0.25, -0.2) is 0 Å². The van der Waals surface area contributed by atoms with Gasteiger partial charge in [-0.1, -0.05) is 17.7 Å². The van der Waals surface area contributed by atoms with Crippen LogP contribution >= 0.6 is 19.2 Å². The second-order valence-corrected chi connectivity index (χ2v) is 4.92. The van der Waals surface area contributed by atoms with Gasteiger partial charge in [0.25, 0.3) is 5.69 Å². The summed E-state index contributed by atoms with van der Waals surface area (Å²) in [5.74, 6) is 0. The maximum Gasteiger partial charge on any atom is 0.329 e. The Balaban J connectivity index is 3.02. The summed E-state index contributed by atoms with van der Waals surface area (Å²) in [6, 6.07) is 3.56. The molecule has 0 saturated heterocycles. The molecule has 0 amide bonds. The van der Waals surface area contributed by atoms with Crippen molar-refractivity contribution in [3.05, 3.63) is 38.9 Å². The van der Waals surface area contributed by atoms with Gasteiger partial charge in [0.05, 0.1) is 11.1 Å². The van der Waals surface area contributed by atoms with Crippen LogP contribution in [0.5, 0.6) is 0 Å². The van der Waals surface area contributed by atoms with Crippen LogP contribution in [-0.2, 0) is 10.7 Å². The molecule has 0 aromatic heterocycles. The topological polar surface area (TPSA) is 101 Å². The molecular formula is C7H7ClNO5P. The average molecular weight is 252 g/mol. The number of hydrogen-bond donors (Lipinski definition) is 2. The molecule has 15 heavy (non-hydrogen) atoms. The lowest BCUT2D eigenvalue weighted by Gasteiger charge is -2.04. The normalized spacial score (nSPS) is 11.4. The Morgan fingerprint density at radius 2 is 2.07 bits per heavy atom. The van der Waals surface area contributed by atoms with Gasteiger partial charge in [-0.15, -0.1) is 0 Å². The zero-order valence-corrected chi connectivity index (χ0v) is 8.98. The molecule has 1 rings (SSSR count). The highest BCUT2D eigenvalue weighted by Crippen LogP contribution is 2.40. The third-order valence-electron chi connectivity index (χ3n) is 1.60. The molecule has 0 heterocycles. The van der Waals surface area contributed by atoms with Gasteiger partial charge < -0.3 is 9.79 Å². The van der Waals surface area contributed by atoms with E-state index in [1.165, 1.54) is 12.1 Å². The van der Waals surface area contributed by atoms with E-state index in [0.29, 0.717) is 0 Å². The van der Waals surface area contributed by atoms with Crippen LogP contribution in [0.3, 0.4) is 0 Å². The smallest absolute Gasteiger partial charge is 0.324 e. The zero-order valence-electron chi connectivity index (χ0n) is 7.33. The third-order valence-corrected chi connectivity index (χ3v) is 2.68. The first-order valence-electron chi connectivity index (χ1n) is 3.77. The molecule has 0 aliphatic carbocycles. The van der Waals surface area contributed by atoms with Gasteiger partial charge in [-0.2, -0.15) is 0 Å². The average Bonchev–Trinajstić information content (AvgIpc) is 1.99. The summed E-state index contributed by atoms with van der Waals surface area (Å²) in [7, 11) is -4.17. The molecule has 1 aromatic rings. The van der Waals surface area contributed by atoms with Gasteiger partial charge in [0.2, 0.25) is 0 Å². The summed E-state index contributed by atoms with van der Waals surface area (Å²) in [6.45, 7) is 0. The molecule has 0 spiro atoms.